The van der Waals surface area contributed by atoms with Crippen LogP contribution in [-0.2, 0) is 6.42 Å². The molecule has 0 spiro atoms. The molecule has 5 nitrogen and oxygen atoms in total. The smallest absolute Gasteiger partial charge is 0.292 e. The Balaban J connectivity index is 2.29. The number of pyridine rings is 1. The van der Waals surface area contributed by atoms with Gasteiger partial charge in [-0.3, -0.25) is 15.1 Å². The summed E-state index contributed by atoms with van der Waals surface area (Å²) in [4.78, 5) is 14.2. The van der Waals surface area contributed by atoms with Gasteiger partial charge in [-0.25, -0.2) is 0 Å². The number of aromatic nitrogens is 1. The quantitative estimate of drug-likeness (QED) is 0.496. The zero-order valence-electron chi connectivity index (χ0n) is 9.04. The van der Waals surface area contributed by atoms with Crippen molar-refractivity contribution in [1.82, 2.24) is 4.98 Å². The zero-order chi connectivity index (χ0) is 12.3. The first-order chi connectivity index (χ1) is 8.16. The first-order valence-electron chi connectivity index (χ1n) is 5.08. The molecular formula is C12H11N3O2. The SMILES string of the molecule is Nc1ccc(Cc2ccncc2)cc1[N+](=O)[O-]. The molecule has 0 bridgehead atoms. The van der Waals surface area contributed by atoms with Gasteiger partial charge in [0.1, 0.15) is 5.69 Å². The lowest BCUT2D eigenvalue weighted by atomic mass is 10.1. The summed E-state index contributed by atoms with van der Waals surface area (Å²) in [6.45, 7) is 0. The van der Waals surface area contributed by atoms with E-state index < -0.39 is 4.92 Å². The third kappa shape index (κ3) is 2.57. The number of anilines is 1. The molecule has 0 amide bonds. The summed E-state index contributed by atoms with van der Waals surface area (Å²) in [5.74, 6) is 0. The van der Waals surface area contributed by atoms with Gasteiger partial charge in [0.15, 0.2) is 0 Å². The van der Waals surface area contributed by atoms with Crippen LogP contribution in [0.3, 0.4) is 0 Å². The third-order valence-corrected chi connectivity index (χ3v) is 2.45. The lowest BCUT2D eigenvalue weighted by molar-refractivity contribution is -0.383. The summed E-state index contributed by atoms with van der Waals surface area (Å²) in [5, 5.41) is 10.7. The van der Waals surface area contributed by atoms with E-state index in [1.165, 1.54) is 6.07 Å². The third-order valence-electron chi connectivity index (χ3n) is 2.45. The van der Waals surface area contributed by atoms with Crippen molar-refractivity contribution in [2.45, 2.75) is 6.42 Å². The number of nitrogen functional groups attached to an aromatic ring is 1. The van der Waals surface area contributed by atoms with Crippen molar-refractivity contribution >= 4 is 11.4 Å². The molecule has 2 aromatic rings. The highest BCUT2D eigenvalue weighted by molar-refractivity contribution is 5.59. The first kappa shape index (κ1) is 11.1. The zero-order valence-corrected chi connectivity index (χ0v) is 9.04. The van der Waals surface area contributed by atoms with Crippen molar-refractivity contribution in [3.63, 3.8) is 0 Å². The van der Waals surface area contributed by atoms with E-state index in [9.17, 15) is 10.1 Å². The highest BCUT2D eigenvalue weighted by Crippen LogP contribution is 2.23. The second kappa shape index (κ2) is 4.61. The van der Waals surface area contributed by atoms with E-state index >= 15 is 0 Å². The van der Waals surface area contributed by atoms with Crippen LogP contribution in [0.2, 0.25) is 0 Å². The molecule has 1 aromatic carbocycles. The molecule has 0 aliphatic heterocycles. The standard InChI is InChI=1S/C12H11N3O2/c13-11-2-1-10(8-12(11)15(16)17)7-9-3-5-14-6-4-9/h1-6,8H,7,13H2. The van der Waals surface area contributed by atoms with Crippen LogP contribution in [0.15, 0.2) is 42.7 Å². The summed E-state index contributed by atoms with van der Waals surface area (Å²) in [6.07, 6.45) is 4.02. The molecule has 0 aliphatic rings. The number of hydrogen-bond acceptors (Lipinski definition) is 4. The van der Waals surface area contributed by atoms with Crippen LogP contribution in [0.1, 0.15) is 11.1 Å². The number of nitro groups is 1. The molecule has 0 unspecified atom stereocenters. The van der Waals surface area contributed by atoms with Crippen molar-refractivity contribution in [2.75, 3.05) is 5.73 Å². The van der Waals surface area contributed by atoms with Gasteiger partial charge in [0.25, 0.3) is 5.69 Å². The average Bonchev–Trinajstić information content (AvgIpc) is 2.32. The lowest BCUT2D eigenvalue weighted by Gasteiger charge is -2.03. The highest BCUT2D eigenvalue weighted by Gasteiger charge is 2.11. The van der Waals surface area contributed by atoms with Gasteiger partial charge < -0.3 is 5.73 Å². The molecule has 0 aliphatic carbocycles. The number of nitrogens with two attached hydrogens (primary N) is 1. The maximum atomic E-state index is 10.7. The Morgan fingerprint density at radius 1 is 1.18 bits per heavy atom. The van der Waals surface area contributed by atoms with E-state index in [2.05, 4.69) is 4.98 Å². The molecule has 0 radical (unpaired) electrons. The van der Waals surface area contributed by atoms with E-state index in [0.717, 1.165) is 11.1 Å². The fourth-order valence-electron chi connectivity index (χ4n) is 1.59. The molecule has 2 rings (SSSR count). The summed E-state index contributed by atoms with van der Waals surface area (Å²) in [7, 11) is 0. The van der Waals surface area contributed by atoms with Gasteiger partial charge in [-0.1, -0.05) is 6.07 Å². The molecule has 0 saturated heterocycles. The maximum Gasteiger partial charge on any atom is 0.292 e. The Bertz CT molecular complexity index is 541. The summed E-state index contributed by atoms with van der Waals surface area (Å²) in [6, 6.07) is 8.62. The van der Waals surface area contributed by atoms with Gasteiger partial charge in [-0.05, 0) is 35.7 Å². The van der Waals surface area contributed by atoms with Crippen molar-refractivity contribution in [3.8, 4) is 0 Å². The molecule has 2 N–H and O–H groups in total. The average molecular weight is 229 g/mol. The number of rotatable bonds is 3. The second-order valence-corrected chi connectivity index (χ2v) is 3.68. The number of nitro benzene ring substituents is 1. The van der Waals surface area contributed by atoms with Gasteiger partial charge in [-0.2, -0.15) is 0 Å². The fourth-order valence-corrected chi connectivity index (χ4v) is 1.59. The van der Waals surface area contributed by atoms with Crippen LogP contribution in [0.25, 0.3) is 0 Å². The Kier molecular flexibility index (Phi) is 3.00. The first-order valence-corrected chi connectivity index (χ1v) is 5.08. The van der Waals surface area contributed by atoms with Crippen molar-refractivity contribution in [3.05, 3.63) is 64.0 Å². The normalized spacial score (nSPS) is 10.1. The second-order valence-electron chi connectivity index (χ2n) is 3.68. The molecule has 1 heterocycles. The fraction of sp³-hybridized carbons (Fsp3) is 0.0833. The maximum absolute atomic E-state index is 10.7. The minimum absolute atomic E-state index is 0.0449. The largest absolute Gasteiger partial charge is 0.393 e. The Hall–Kier alpha value is -2.43. The van der Waals surface area contributed by atoms with Crippen molar-refractivity contribution in [1.29, 1.82) is 0 Å². The van der Waals surface area contributed by atoms with E-state index in [-0.39, 0.29) is 11.4 Å². The molecular weight excluding hydrogens is 218 g/mol. The molecule has 0 fully saturated rings. The molecule has 0 atom stereocenters. The number of hydrogen-bond donors (Lipinski definition) is 1. The highest BCUT2D eigenvalue weighted by atomic mass is 16.6. The van der Waals surface area contributed by atoms with Crippen molar-refractivity contribution in [2.24, 2.45) is 0 Å². The Morgan fingerprint density at radius 3 is 2.53 bits per heavy atom. The van der Waals surface area contributed by atoms with Crippen LogP contribution in [0.4, 0.5) is 11.4 Å². The monoisotopic (exact) mass is 229 g/mol. The summed E-state index contributed by atoms with van der Waals surface area (Å²) >= 11 is 0. The molecule has 86 valence electrons. The Morgan fingerprint density at radius 2 is 1.88 bits per heavy atom. The molecule has 0 saturated carbocycles. The molecule has 1 aromatic heterocycles. The van der Waals surface area contributed by atoms with Crippen LogP contribution < -0.4 is 5.73 Å². The van der Waals surface area contributed by atoms with E-state index in [0.29, 0.717) is 6.42 Å². The topological polar surface area (TPSA) is 82.0 Å². The van der Waals surface area contributed by atoms with E-state index in [4.69, 9.17) is 5.73 Å². The van der Waals surface area contributed by atoms with E-state index in [1.54, 1.807) is 24.5 Å². The molecule has 17 heavy (non-hydrogen) atoms. The number of benzene rings is 1. The predicted molar refractivity (Wildman–Crippen MR) is 64.6 cm³/mol. The lowest BCUT2D eigenvalue weighted by Crippen LogP contribution is -1.97. The predicted octanol–water partition coefficient (Wildman–Crippen LogP) is 2.16. The van der Waals surface area contributed by atoms with Crippen LogP contribution in [0, 0.1) is 10.1 Å². The van der Waals surface area contributed by atoms with Crippen molar-refractivity contribution < 1.29 is 4.92 Å². The van der Waals surface area contributed by atoms with Crippen LogP contribution in [-0.4, -0.2) is 9.91 Å². The number of nitrogens with zero attached hydrogens (tertiary/aromatic N) is 2. The van der Waals surface area contributed by atoms with Crippen LogP contribution >= 0.6 is 0 Å². The van der Waals surface area contributed by atoms with Gasteiger partial charge >= 0.3 is 0 Å². The van der Waals surface area contributed by atoms with Gasteiger partial charge in [0.05, 0.1) is 4.92 Å². The molecule has 5 heteroatoms. The van der Waals surface area contributed by atoms with Gasteiger partial charge in [0.2, 0.25) is 0 Å². The van der Waals surface area contributed by atoms with Gasteiger partial charge in [-0.15, -0.1) is 0 Å². The Labute approximate surface area is 98.1 Å². The minimum Gasteiger partial charge on any atom is -0.393 e. The summed E-state index contributed by atoms with van der Waals surface area (Å²) < 4.78 is 0. The van der Waals surface area contributed by atoms with Gasteiger partial charge in [0, 0.05) is 18.5 Å². The van der Waals surface area contributed by atoms with Crippen LogP contribution in [0.5, 0.6) is 0 Å². The summed E-state index contributed by atoms with van der Waals surface area (Å²) in [5.41, 5.74) is 7.59. The van der Waals surface area contributed by atoms with E-state index in [1.807, 2.05) is 12.1 Å². The minimum atomic E-state index is -0.467.